The molecule has 4 rings (SSSR count). The third-order valence-electron chi connectivity index (χ3n) is 4.41. The average molecular weight is 309 g/mol. The van der Waals surface area contributed by atoms with E-state index in [2.05, 4.69) is 31.4 Å². The van der Waals surface area contributed by atoms with E-state index in [4.69, 9.17) is 4.52 Å². The summed E-state index contributed by atoms with van der Waals surface area (Å²) in [5.74, 6) is 1.71. The molecule has 1 fully saturated rings. The molecule has 1 aliphatic carbocycles. The lowest BCUT2D eigenvalue weighted by atomic mass is 9.87. The summed E-state index contributed by atoms with van der Waals surface area (Å²) in [6.45, 7) is 0. The maximum absolute atomic E-state index is 5.36. The van der Waals surface area contributed by atoms with Crippen molar-refractivity contribution in [3.8, 4) is 11.6 Å². The van der Waals surface area contributed by atoms with E-state index in [1.54, 1.807) is 6.20 Å². The minimum atomic E-state index is 0.474. The second-order valence-corrected chi connectivity index (χ2v) is 6.10. The molecular weight excluding hydrogens is 290 g/mol. The van der Waals surface area contributed by atoms with Gasteiger partial charge in [0.25, 0.3) is 5.89 Å². The fourth-order valence-corrected chi connectivity index (χ4v) is 3.18. The summed E-state index contributed by atoms with van der Waals surface area (Å²) in [4.78, 5) is 8.54. The Balaban J connectivity index is 1.49. The van der Waals surface area contributed by atoms with Crippen LogP contribution in [0.15, 0.2) is 35.1 Å². The Morgan fingerprint density at radius 3 is 2.96 bits per heavy atom. The van der Waals surface area contributed by atoms with E-state index in [-0.39, 0.29) is 0 Å². The van der Waals surface area contributed by atoms with Gasteiger partial charge in [-0.25, -0.2) is 0 Å². The number of nitrogens with zero attached hydrogens (tertiary/aromatic N) is 4. The van der Waals surface area contributed by atoms with Crippen LogP contribution in [-0.4, -0.2) is 25.3 Å². The van der Waals surface area contributed by atoms with Crippen LogP contribution in [0.3, 0.4) is 0 Å². The number of hydrogen-bond acceptors (Lipinski definition) is 5. The molecule has 0 unspecified atom stereocenters. The van der Waals surface area contributed by atoms with Gasteiger partial charge < -0.3 is 4.52 Å². The summed E-state index contributed by atoms with van der Waals surface area (Å²) < 4.78 is 5.36. The van der Waals surface area contributed by atoms with E-state index in [9.17, 15) is 0 Å². The normalized spacial score (nSPS) is 15.8. The largest absolute Gasteiger partial charge is 0.332 e. The molecule has 6 nitrogen and oxygen atoms in total. The Morgan fingerprint density at radius 1 is 1.22 bits per heavy atom. The molecule has 1 N–H and O–H groups in total. The van der Waals surface area contributed by atoms with Crippen molar-refractivity contribution in [2.75, 3.05) is 0 Å². The van der Waals surface area contributed by atoms with Gasteiger partial charge in [0, 0.05) is 30.4 Å². The Morgan fingerprint density at radius 2 is 2.13 bits per heavy atom. The molecule has 0 atom stereocenters. The first-order valence-corrected chi connectivity index (χ1v) is 8.15. The molecule has 0 aliphatic heterocycles. The number of aromatic nitrogens is 5. The zero-order valence-electron chi connectivity index (χ0n) is 12.9. The maximum atomic E-state index is 5.36. The van der Waals surface area contributed by atoms with Crippen molar-refractivity contribution in [1.82, 2.24) is 25.3 Å². The van der Waals surface area contributed by atoms with Crippen LogP contribution in [-0.2, 0) is 6.42 Å². The van der Waals surface area contributed by atoms with E-state index in [0.717, 1.165) is 11.3 Å². The number of aromatic amines is 1. The van der Waals surface area contributed by atoms with E-state index in [0.29, 0.717) is 24.1 Å². The smallest absolute Gasteiger partial charge is 0.278 e. The quantitative estimate of drug-likeness (QED) is 0.798. The van der Waals surface area contributed by atoms with Crippen LogP contribution in [0.5, 0.6) is 0 Å². The standard InChI is InChI=1S/C17H19N5O/c1-2-6-13(7-3-1)14-10-15(21-20-14)17-19-16(22-23-17)9-12-5-4-8-18-11-12/h4-5,8,10-11,13H,1-3,6-7,9H2,(H,20,21). The molecule has 118 valence electrons. The number of hydrogen-bond donors (Lipinski definition) is 1. The minimum absolute atomic E-state index is 0.474. The first-order chi connectivity index (χ1) is 11.4. The molecule has 1 saturated carbocycles. The Hall–Kier alpha value is -2.50. The Bertz CT molecular complexity index is 758. The molecule has 0 saturated heterocycles. The van der Waals surface area contributed by atoms with Crippen molar-refractivity contribution in [2.45, 2.75) is 44.4 Å². The summed E-state index contributed by atoms with van der Waals surface area (Å²) in [5, 5.41) is 11.5. The number of H-pyrrole nitrogens is 1. The summed E-state index contributed by atoms with van der Waals surface area (Å²) >= 11 is 0. The monoisotopic (exact) mass is 309 g/mol. The first-order valence-electron chi connectivity index (χ1n) is 8.15. The zero-order valence-corrected chi connectivity index (χ0v) is 12.9. The fraction of sp³-hybridized carbons (Fsp3) is 0.412. The second kappa shape index (κ2) is 6.32. The van der Waals surface area contributed by atoms with Gasteiger partial charge in [0.15, 0.2) is 11.5 Å². The highest BCUT2D eigenvalue weighted by Crippen LogP contribution is 2.32. The molecule has 3 aromatic heterocycles. The van der Waals surface area contributed by atoms with Gasteiger partial charge >= 0.3 is 0 Å². The first kappa shape index (κ1) is 14.1. The van der Waals surface area contributed by atoms with Crippen LogP contribution in [0.1, 0.15) is 55.1 Å². The zero-order chi connectivity index (χ0) is 15.5. The lowest BCUT2D eigenvalue weighted by Crippen LogP contribution is -2.04. The predicted octanol–water partition coefficient (Wildman–Crippen LogP) is 3.49. The van der Waals surface area contributed by atoms with E-state index < -0.39 is 0 Å². The van der Waals surface area contributed by atoms with Gasteiger partial charge in [0.1, 0.15) is 0 Å². The molecule has 3 aromatic rings. The summed E-state index contributed by atoms with van der Waals surface area (Å²) in [7, 11) is 0. The van der Waals surface area contributed by atoms with E-state index in [1.807, 2.05) is 18.3 Å². The van der Waals surface area contributed by atoms with Gasteiger partial charge in [-0.2, -0.15) is 10.1 Å². The van der Waals surface area contributed by atoms with Crippen LogP contribution in [0.25, 0.3) is 11.6 Å². The molecular formula is C17H19N5O. The van der Waals surface area contributed by atoms with E-state index >= 15 is 0 Å². The molecule has 0 amide bonds. The topological polar surface area (TPSA) is 80.5 Å². The van der Waals surface area contributed by atoms with Crippen molar-refractivity contribution < 1.29 is 4.52 Å². The van der Waals surface area contributed by atoms with Gasteiger partial charge in [-0.1, -0.05) is 30.5 Å². The van der Waals surface area contributed by atoms with Crippen molar-refractivity contribution in [3.63, 3.8) is 0 Å². The van der Waals surface area contributed by atoms with Crippen LogP contribution in [0.4, 0.5) is 0 Å². The van der Waals surface area contributed by atoms with Gasteiger partial charge in [-0.3, -0.25) is 10.1 Å². The molecule has 0 spiro atoms. The van der Waals surface area contributed by atoms with Gasteiger partial charge in [-0.15, -0.1) is 0 Å². The van der Waals surface area contributed by atoms with Crippen molar-refractivity contribution in [2.24, 2.45) is 0 Å². The SMILES string of the molecule is c1cncc(Cc2noc(-c3cc(C4CCCCC4)[nH]n3)n2)c1. The molecule has 1 aliphatic rings. The molecule has 0 aromatic carbocycles. The fourth-order valence-electron chi connectivity index (χ4n) is 3.18. The van der Waals surface area contributed by atoms with Crippen LogP contribution >= 0.6 is 0 Å². The van der Waals surface area contributed by atoms with Gasteiger partial charge in [0.05, 0.1) is 0 Å². The number of pyridine rings is 1. The Labute approximate surface area is 134 Å². The third-order valence-corrected chi connectivity index (χ3v) is 4.41. The van der Waals surface area contributed by atoms with Crippen LogP contribution in [0.2, 0.25) is 0 Å². The van der Waals surface area contributed by atoms with Crippen molar-refractivity contribution >= 4 is 0 Å². The van der Waals surface area contributed by atoms with Gasteiger partial charge in [-0.05, 0) is 30.5 Å². The third kappa shape index (κ3) is 3.16. The van der Waals surface area contributed by atoms with Crippen molar-refractivity contribution in [1.29, 1.82) is 0 Å². The Kier molecular flexibility index (Phi) is 3.88. The highest BCUT2D eigenvalue weighted by Gasteiger charge is 2.20. The van der Waals surface area contributed by atoms with Crippen molar-refractivity contribution in [3.05, 3.63) is 47.7 Å². The van der Waals surface area contributed by atoms with Crippen LogP contribution < -0.4 is 0 Å². The number of nitrogens with one attached hydrogen (secondary N) is 1. The highest BCUT2D eigenvalue weighted by molar-refractivity contribution is 5.47. The van der Waals surface area contributed by atoms with E-state index in [1.165, 1.54) is 37.8 Å². The predicted molar refractivity (Wildman–Crippen MR) is 84.7 cm³/mol. The minimum Gasteiger partial charge on any atom is -0.332 e. The lowest BCUT2D eigenvalue weighted by Gasteiger charge is -2.19. The average Bonchev–Trinajstić information content (AvgIpc) is 3.26. The summed E-state index contributed by atoms with van der Waals surface area (Å²) in [5.41, 5.74) is 2.98. The van der Waals surface area contributed by atoms with Crippen LogP contribution in [0, 0.1) is 0 Å². The molecule has 23 heavy (non-hydrogen) atoms. The molecule has 0 radical (unpaired) electrons. The summed E-state index contributed by atoms with van der Waals surface area (Å²) in [6.07, 6.45) is 10.6. The summed E-state index contributed by atoms with van der Waals surface area (Å²) in [6, 6.07) is 5.95. The lowest BCUT2D eigenvalue weighted by molar-refractivity contribution is 0.422. The molecule has 0 bridgehead atoms. The second-order valence-electron chi connectivity index (χ2n) is 6.10. The highest BCUT2D eigenvalue weighted by atomic mass is 16.5. The number of rotatable bonds is 4. The molecule has 6 heteroatoms. The van der Waals surface area contributed by atoms with Gasteiger partial charge in [0.2, 0.25) is 0 Å². The maximum Gasteiger partial charge on any atom is 0.278 e. The molecule has 3 heterocycles.